The quantitative estimate of drug-likeness (QED) is 0.767. The summed E-state index contributed by atoms with van der Waals surface area (Å²) in [6, 6.07) is 0. The average Bonchev–Trinajstić information content (AvgIpc) is 2.83. The number of rotatable bonds is 3. The second-order valence-electron chi connectivity index (χ2n) is 4.15. The third-order valence-corrected chi connectivity index (χ3v) is 2.67. The number of nitrogens with one attached hydrogen (secondary N) is 1. The number of aromatic nitrogens is 2. The molecule has 0 aromatic carbocycles. The maximum Gasteiger partial charge on any atom is 0.147 e. The van der Waals surface area contributed by atoms with Crippen LogP contribution < -0.4 is 5.32 Å². The maximum atomic E-state index is 4.24. The van der Waals surface area contributed by atoms with E-state index in [-0.39, 0.29) is 0 Å². The van der Waals surface area contributed by atoms with E-state index < -0.39 is 0 Å². The summed E-state index contributed by atoms with van der Waals surface area (Å²) in [5.41, 5.74) is 1.50. The minimum Gasteiger partial charge on any atom is -0.368 e. The summed E-state index contributed by atoms with van der Waals surface area (Å²) < 4.78 is 0. The molecule has 0 amide bonds. The molecule has 0 atom stereocenters. The van der Waals surface area contributed by atoms with Crippen LogP contribution in [0.5, 0.6) is 0 Å². The van der Waals surface area contributed by atoms with Crippen molar-refractivity contribution in [1.29, 1.82) is 0 Å². The zero-order chi connectivity index (χ0) is 9.31. The molecule has 0 spiro atoms. The maximum absolute atomic E-state index is 4.24. The summed E-state index contributed by atoms with van der Waals surface area (Å²) >= 11 is 0. The molecule has 0 saturated heterocycles. The van der Waals surface area contributed by atoms with Crippen molar-refractivity contribution in [2.75, 3.05) is 11.9 Å². The molecule has 1 heterocycles. The Kier molecular flexibility index (Phi) is 1.94. The second-order valence-corrected chi connectivity index (χ2v) is 4.15. The van der Waals surface area contributed by atoms with E-state index in [2.05, 4.69) is 22.2 Å². The Hall–Kier alpha value is -1.12. The predicted molar refractivity (Wildman–Crippen MR) is 52.6 cm³/mol. The van der Waals surface area contributed by atoms with Gasteiger partial charge in [-0.15, -0.1) is 0 Å². The van der Waals surface area contributed by atoms with Crippen LogP contribution in [0.3, 0.4) is 0 Å². The molecule has 70 valence electrons. The molecule has 1 aromatic rings. The highest BCUT2D eigenvalue weighted by atomic mass is 15.0. The lowest BCUT2D eigenvalue weighted by Gasteiger charge is -2.11. The molecule has 1 aliphatic rings. The average molecular weight is 177 g/mol. The van der Waals surface area contributed by atoms with Crippen LogP contribution in [0.1, 0.15) is 25.5 Å². The van der Waals surface area contributed by atoms with Crippen LogP contribution in [-0.4, -0.2) is 16.5 Å². The van der Waals surface area contributed by atoms with Gasteiger partial charge in [-0.1, -0.05) is 6.92 Å². The van der Waals surface area contributed by atoms with Crippen molar-refractivity contribution < 1.29 is 0 Å². The van der Waals surface area contributed by atoms with Gasteiger partial charge in [-0.05, 0) is 25.2 Å². The van der Waals surface area contributed by atoms with Gasteiger partial charge in [0.2, 0.25) is 0 Å². The molecular formula is C10H15N3. The van der Waals surface area contributed by atoms with E-state index in [9.17, 15) is 0 Å². The van der Waals surface area contributed by atoms with Gasteiger partial charge in [0.1, 0.15) is 5.82 Å². The van der Waals surface area contributed by atoms with Crippen molar-refractivity contribution in [2.45, 2.75) is 26.7 Å². The number of nitrogens with zero attached hydrogens (tertiary/aromatic N) is 2. The molecular weight excluding hydrogens is 162 g/mol. The number of hydrogen-bond acceptors (Lipinski definition) is 3. The van der Waals surface area contributed by atoms with Crippen LogP contribution in [0.15, 0.2) is 12.4 Å². The summed E-state index contributed by atoms with van der Waals surface area (Å²) in [5.74, 6) is 0.927. The van der Waals surface area contributed by atoms with Crippen molar-refractivity contribution in [3.8, 4) is 0 Å². The Labute approximate surface area is 78.6 Å². The van der Waals surface area contributed by atoms with Gasteiger partial charge in [-0.3, -0.25) is 4.98 Å². The van der Waals surface area contributed by atoms with E-state index in [1.54, 1.807) is 12.4 Å². The van der Waals surface area contributed by atoms with Crippen LogP contribution >= 0.6 is 0 Å². The summed E-state index contributed by atoms with van der Waals surface area (Å²) in [5, 5.41) is 3.34. The van der Waals surface area contributed by atoms with Crippen molar-refractivity contribution in [2.24, 2.45) is 5.41 Å². The van der Waals surface area contributed by atoms with E-state index in [1.165, 1.54) is 12.8 Å². The monoisotopic (exact) mass is 177 g/mol. The van der Waals surface area contributed by atoms with Crippen LogP contribution in [0, 0.1) is 12.3 Å². The van der Waals surface area contributed by atoms with Gasteiger partial charge < -0.3 is 5.32 Å². The van der Waals surface area contributed by atoms with Gasteiger partial charge in [0, 0.05) is 18.9 Å². The van der Waals surface area contributed by atoms with Crippen molar-refractivity contribution in [3.05, 3.63) is 18.1 Å². The Balaban J connectivity index is 1.97. The molecule has 3 nitrogen and oxygen atoms in total. The normalized spacial score (nSPS) is 18.3. The van der Waals surface area contributed by atoms with Crippen molar-refractivity contribution >= 4 is 5.82 Å². The molecule has 1 aliphatic carbocycles. The topological polar surface area (TPSA) is 37.8 Å². The predicted octanol–water partition coefficient (Wildman–Crippen LogP) is 2.00. The molecule has 0 aliphatic heterocycles. The lowest BCUT2D eigenvalue weighted by atomic mass is 10.1. The molecule has 13 heavy (non-hydrogen) atoms. The smallest absolute Gasteiger partial charge is 0.147 e. The van der Waals surface area contributed by atoms with Crippen molar-refractivity contribution in [1.82, 2.24) is 9.97 Å². The van der Waals surface area contributed by atoms with Gasteiger partial charge in [0.15, 0.2) is 0 Å². The number of aryl methyl sites for hydroxylation is 1. The van der Waals surface area contributed by atoms with Gasteiger partial charge in [0.25, 0.3) is 0 Å². The lowest BCUT2D eigenvalue weighted by molar-refractivity contribution is 0.609. The molecule has 1 N–H and O–H groups in total. The summed E-state index contributed by atoms with van der Waals surface area (Å²) in [7, 11) is 0. The molecule has 2 rings (SSSR count). The minimum absolute atomic E-state index is 0.518. The molecule has 1 saturated carbocycles. The van der Waals surface area contributed by atoms with E-state index >= 15 is 0 Å². The fraction of sp³-hybridized carbons (Fsp3) is 0.600. The van der Waals surface area contributed by atoms with Gasteiger partial charge in [0.05, 0.1) is 5.69 Å². The number of hydrogen-bond donors (Lipinski definition) is 1. The fourth-order valence-electron chi connectivity index (χ4n) is 1.27. The molecule has 0 bridgehead atoms. The highest BCUT2D eigenvalue weighted by molar-refractivity contribution is 5.38. The first-order valence-corrected chi connectivity index (χ1v) is 4.71. The largest absolute Gasteiger partial charge is 0.368 e. The van der Waals surface area contributed by atoms with Crippen LogP contribution in [0.25, 0.3) is 0 Å². The Morgan fingerprint density at radius 2 is 2.08 bits per heavy atom. The molecule has 1 fully saturated rings. The summed E-state index contributed by atoms with van der Waals surface area (Å²) in [6.07, 6.45) is 6.11. The zero-order valence-corrected chi connectivity index (χ0v) is 8.17. The molecule has 0 unspecified atom stereocenters. The van der Waals surface area contributed by atoms with Gasteiger partial charge in [-0.2, -0.15) is 0 Å². The first-order chi connectivity index (χ1) is 6.20. The highest BCUT2D eigenvalue weighted by Gasteiger charge is 2.36. The zero-order valence-electron chi connectivity index (χ0n) is 8.17. The van der Waals surface area contributed by atoms with Gasteiger partial charge >= 0.3 is 0 Å². The summed E-state index contributed by atoms with van der Waals surface area (Å²) in [6.45, 7) is 5.29. The van der Waals surface area contributed by atoms with Gasteiger partial charge in [-0.25, -0.2) is 4.98 Å². The second kappa shape index (κ2) is 2.98. The van der Waals surface area contributed by atoms with Crippen LogP contribution in [0.4, 0.5) is 5.82 Å². The van der Waals surface area contributed by atoms with E-state index in [1.807, 2.05) is 6.92 Å². The summed E-state index contributed by atoms with van der Waals surface area (Å²) in [4.78, 5) is 8.41. The van der Waals surface area contributed by atoms with Crippen molar-refractivity contribution in [3.63, 3.8) is 0 Å². The highest BCUT2D eigenvalue weighted by Crippen LogP contribution is 2.44. The lowest BCUT2D eigenvalue weighted by Crippen LogP contribution is -2.13. The van der Waals surface area contributed by atoms with Crippen LogP contribution in [-0.2, 0) is 0 Å². The Morgan fingerprint density at radius 3 is 2.69 bits per heavy atom. The number of anilines is 1. The Morgan fingerprint density at radius 1 is 1.38 bits per heavy atom. The standard InChI is InChI=1S/C10H15N3/c1-8-9(12-6-5-11-8)13-7-10(2)3-4-10/h5-6H,3-4,7H2,1-2H3,(H,12,13). The molecule has 3 heteroatoms. The fourth-order valence-corrected chi connectivity index (χ4v) is 1.27. The molecule has 1 aromatic heterocycles. The van der Waals surface area contributed by atoms with E-state index in [0.717, 1.165) is 18.1 Å². The SMILES string of the molecule is Cc1nccnc1NCC1(C)CC1. The van der Waals surface area contributed by atoms with E-state index in [4.69, 9.17) is 0 Å². The molecule has 0 radical (unpaired) electrons. The van der Waals surface area contributed by atoms with Crippen LogP contribution in [0.2, 0.25) is 0 Å². The third-order valence-electron chi connectivity index (χ3n) is 2.67. The first-order valence-electron chi connectivity index (χ1n) is 4.71. The third kappa shape index (κ3) is 1.97. The Bertz CT molecular complexity index is 305. The minimum atomic E-state index is 0.518. The first kappa shape index (κ1) is 8.48. The van der Waals surface area contributed by atoms with E-state index in [0.29, 0.717) is 5.41 Å².